The summed E-state index contributed by atoms with van der Waals surface area (Å²) in [6.45, 7) is 5.56. The number of aromatic nitrogens is 6. The molecule has 4 aromatic rings. The molecule has 4 heterocycles. The molecule has 220 valence electrons. The molecular weight excluding hydrogens is 534 g/mol. The molecule has 0 amide bonds. The van der Waals surface area contributed by atoms with Crippen LogP contribution in [0.4, 0.5) is 23.0 Å². The molecule has 1 aliphatic heterocycles. The van der Waals surface area contributed by atoms with Crippen LogP contribution < -0.4 is 19.3 Å². The Hall–Kier alpha value is -4.58. The molecule has 1 aliphatic rings. The van der Waals surface area contributed by atoms with E-state index in [0.29, 0.717) is 53.4 Å². The van der Waals surface area contributed by atoms with Gasteiger partial charge in [-0.15, -0.1) is 0 Å². The smallest absolute Gasteiger partial charge is 0.232 e. The summed E-state index contributed by atoms with van der Waals surface area (Å²) in [5.74, 6) is 2.81. The zero-order chi connectivity index (χ0) is 29.6. The average molecular weight is 572 g/mol. The van der Waals surface area contributed by atoms with Crippen molar-refractivity contribution in [2.75, 3.05) is 57.2 Å². The normalized spacial score (nSPS) is 13.3. The molecule has 0 atom stereocenters. The molecule has 12 heteroatoms. The maximum absolute atomic E-state index is 13.0. The molecule has 1 fully saturated rings. The third kappa shape index (κ3) is 6.18. The van der Waals surface area contributed by atoms with E-state index < -0.39 is 0 Å². The predicted octanol–water partition coefficient (Wildman–Crippen LogP) is 4.28. The van der Waals surface area contributed by atoms with Crippen LogP contribution >= 0.6 is 0 Å². The Kier molecular flexibility index (Phi) is 8.91. The summed E-state index contributed by atoms with van der Waals surface area (Å²) in [5, 5.41) is 4.45. The lowest BCUT2D eigenvalue weighted by molar-refractivity contribution is 0.0988. The number of ether oxygens (including phenoxy) is 2. The standard InChI is InChI=1S/C30H37N9O3/c1-6-25(40)22-17-31-26(38(4)27-18-33-28(19-32-27)42-15-14-39-12-7-8-13-39)16-24(22)37(3)23-11-9-10-21(29(23)41-5)30-34-20-36(2)35-30/h9-11,16-20H,6-8,12-15H2,1-5H3. The number of benzene rings is 1. The van der Waals surface area contributed by atoms with Gasteiger partial charge in [-0.1, -0.05) is 13.0 Å². The van der Waals surface area contributed by atoms with E-state index in [-0.39, 0.29) is 5.78 Å². The third-order valence-corrected chi connectivity index (χ3v) is 7.41. The van der Waals surface area contributed by atoms with Gasteiger partial charge >= 0.3 is 0 Å². The Morgan fingerprint density at radius 3 is 2.43 bits per heavy atom. The number of likely N-dealkylation sites (tertiary alicyclic amines) is 1. The van der Waals surface area contributed by atoms with Crippen LogP contribution in [0.3, 0.4) is 0 Å². The molecule has 42 heavy (non-hydrogen) atoms. The number of carbonyl (C=O) groups is 1. The van der Waals surface area contributed by atoms with Crippen LogP contribution in [0.15, 0.2) is 49.2 Å². The van der Waals surface area contributed by atoms with Crippen LogP contribution in [0, 0.1) is 0 Å². The number of ketones is 1. The highest BCUT2D eigenvalue weighted by Gasteiger charge is 2.23. The molecule has 0 aliphatic carbocycles. The van der Waals surface area contributed by atoms with Crippen molar-refractivity contribution in [3.8, 4) is 23.0 Å². The summed E-state index contributed by atoms with van der Waals surface area (Å²) in [5.41, 5.74) is 2.68. The van der Waals surface area contributed by atoms with E-state index in [4.69, 9.17) is 9.47 Å². The summed E-state index contributed by atoms with van der Waals surface area (Å²) >= 11 is 0. The van der Waals surface area contributed by atoms with Gasteiger partial charge in [0, 0.05) is 46.4 Å². The Morgan fingerprint density at radius 1 is 0.976 bits per heavy atom. The van der Waals surface area contributed by atoms with Crippen LogP contribution in [0.2, 0.25) is 0 Å². The lowest BCUT2D eigenvalue weighted by Crippen LogP contribution is -2.25. The van der Waals surface area contributed by atoms with Crippen molar-refractivity contribution in [1.82, 2.24) is 34.6 Å². The molecule has 5 rings (SSSR count). The minimum atomic E-state index is -0.0182. The van der Waals surface area contributed by atoms with E-state index in [2.05, 4.69) is 29.9 Å². The molecule has 0 unspecified atom stereocenters. The average Bonchev–Trinajstić information content (AvgIpc) is 3.71. The van der Waals surface area contributed by atoms with Crippen molar-refractivity contribution >= 4 is 28.8 Å². The summed E-state index contributed by atoms with van der Waals surface area (Å²) < 4.78 is 13.3. The van der Waals surface area contributed by atoms with Crippen molar-refractivity contribution in [1.29, 1.82) is 0 Å². The molecule has 1 aromatic carbocycles. The topological polar surface area (TPSA) is 115 Å². The van der Waals surface area contributed by atoms with Gasteiger partial charge in [0.25, 0.3) is 0 Å². The second-order valence-corrected chi connectivity index (χ2v) is 10.2. The van der Waals surface area contributed by atoms with E-state index in [1.54, 1.807) is 36.7 Å². The second kappa shape index (κ2) is 12.9. The monoisotopic (exact) mass is 571 g/mol. The van der Waals surface area contributed by atoms with Gasteiger partial charge in [-0.05, 0) is 38.1 Å². The predicted molar refractivity (Wildman–Crippen MR) is 161 cm³/mol. The summed E-state index contributed by atoms with van der Waals surface area (Å²) in [6.07, 6.45) is 9.39. The molecule has 12 nitrogen and oxygen atoms in total. The molecule has 0 radical (unpaired) electrons. The number of methoxy groups -OCH3 is 1. The van der Waals surface area contributed by atoms with Crippen molar-refractivity contribution in [2.24, 2.45) is 7.05 Å². The minimum absolute atomic E-state index is 0.0182. The van der Waals surface area contributed by atoms with E-state index >= 15 is 0 Å². The van der Waals surface area contributed by atoms with Crippen LogP contribution in [-0.2, 0) is 7.05 Å². The largest absolute Gasteiger partial charge is 0.494 e. The first kappa shape index (κ1) is 28.9. The zero-order valence-electron chi connectivity index (χ0n) is 24.8. The number of carbonyl (C=O) groups excluding carboxylic acids is 1. The number of aryl methyl sites for hydroxylation is 1. The third-order valence-electron chi connectivity index (χ3n) is 7.41. The number of hydrogen-bond donors (Lipinski definition) is 0. The molecular formula is C30H37N9O3. The van der Waals surface area contributed by atoms with Crippen LogP contribution in [0.25, 0.3) is 11.4 Å². The Balaban J connectivity index is 1.41. The lowest BCUT2D eigenvalue weighted by atomic mass is 10.1. The van der Waals surface area contributed by atoms with Crippen molar-refractivity contribution in [3.63, 3.8) is 0 Å². The van der Waals surface area contributed by atoms with Gasteiger partial charge in [0.1, 0.15) is 18.8 Å². The Labute approximate surface area is 245 Å². The fraction of sp³-hybridized carbons (Fsp3) is 0.400. The summed E-state index contributed by atoms with van der Waals surface area (Å²) in [7, 11) is 7.19. The van der Waals surface area contributed by atoms with Gasteiger partial charge < -0.3 is 19.3 Å². The van der Waals surface area contributed by atoms with Gasteiger partial charge in [-0.3, -0.25) is 14.4 Å². The zero-order valence-corrected chi connectivity index (χ0v) is 24.8. The van der Waals surface area contributed by atoms with E-state index in [1.165, 1.54) is 12.8 Å². The molecule has 3 aromatic heterocycles. The maximum atomic E-state index is 13.0. The number of para-hydroxylation sites is 1. The summed E-state index contributed by atoms with van der Waals surface area (Å²) in [4.78, 5) is 37.2. The van der Waals surface area contributed by atoms with E-state index in [0.717, 1.165) is 30.9 Å². The first-order chi connectivity index (χ1) is 20.4. The number of pyridine rings is 1. The number of nitrogens with zero attached hydrogens (tertiary/aromatic N) is 9. The fourth-order valence-corrected chi connectivity index (χ4v) is 5.03. The van der Waals surface area contributed by atoms with E-state index in [1.807, 2.05) is 62.1 Å². The fourth-order valence-electron chi connectivity index (χ4n) is 5.03. The summed E-state index contributed by atoms with van der Waals surface area (Å²) in [6, 6.07) is 7.63. The van der Waals surface area contributed by atoms with Crippen LogP contribution in [-0.4, -0.2) is 87.8 Å². The number of rotatable bonds is 12. The molecule has 0 bridgehead atoms. The minimum Gasteiger partial charge on any atom is -0.494 e. The van der Waals surface area contributed by atoms with Crippen LogP contribution in [0.5, 0.6) is 11.6 Å². The van der Waals surface area contributed by atoms with Crippen molar-refractivity contribution < 1.29 is 14.3 Å². The first-order valence-electron chi connectivity index (χ1n) is 14.1. The van der Waals surface area contributed by atoms with Gasteiger partial charge in [-0.2, -0.15) is 5.10 Å². The number of hydrogen-bond acceptors (Lipinski definition) is 11. The quantitative estimate of drug-likeness (QED) is 0.227. The Bertz CT molecular complexity index is 1520. The highest BCUT2D eigenvalue weighted by molar-refractivity contribution is 6.02. The molecule has 0 saturated carbocycles. The van der Waals surface area contributed by atoms with Gasteiger partial charge in [-0.25, -0.2) is 19.9 Å². The van der Waals surface area contributed by atoms with Gasteiger partial charge in [0.05, 0.1) is 42.0 Å². The second-order valence-electron chi connectivity index (χ2n) is 10.2. The van der Waals surface area contributed by atoms with Gasteiger partial charge in [0.2, 0.25) is 5.88 Å². The highest BCUT2D eigenvalue weighted by atomic mass is 16.5. The van der Waals surface area contributed by atoms with Crippen LogP contribution in [0.1, 0.15) is 36.5 Å². The first-order valence-corrected chi connectivity index (χ1v) is 14.1. The lowest BCUT2D eigenvalue weighted by Gasteiger charge is -2.26. The van der Waals surface area contributed by atoms with Crippen molar-refractivity contribution in [3.05, 3.63) is 54.7 Å². The Morgan fingerprint density at radius 2 is 1.76 bits per heavy atom. The maximum Gasteiger partial charge on any atom is 0.232 e. The molecule has 0 spiro atoms. The molecule has 0 N–H and O–H groups in total. The highest BCUT2D eigenvalue weighted by Crippen LogP contribution is 2.41. The SMILES string of the molecule is CCC(=O)c1cnc(N(C)c2cnc(OCCN3CCCC3)cn2)cc1N(C)c1cccc(-c2ncn(C)n2)c1OC. The van der Waals surface area contributed by atoms with Gasteiger partial charge in [0.15, 0.2) is 23.2 Å². The van der Waals surface area contributed by atoms with E-state index in [9.17, 15) is 4.79 Å². The number of anilines is 4. The molecule has 1 saturated heterocycles. The van der Waals surface area contributed by atoms with Crippen molar-refractivity contribution in [2.45, 2.75) is 26.2 Å². The number of Topliss-reactive ketones (excluding diaryl/α,β-unsaturated/α-hetero) is 1.